The summed E-state index contributed by atoms with van der Waals surface area (Å²) in [5.41, 5.74) is 1.88. The van der Waals surface area contributed by atoms with Crippen molar-refractivity contribution in [2.24, 2.45) is 0 Å². The van der Waals surface area contributed by atoms with Gasteiger partial charge in [-0.15, -0.1) is 11.3 Å². The van der Waals surface area contributed by atoms with Gasteiger partial charge in [0.05, 0.1) is 58.2 Å². The minimum absolute atomic E-state index is 0.0519. The number of thiazole rings is 1. The first kappa shape index (κ1) is 21.5. The highest BCUT2D eigenvalue weighted by atomic mass is 32.1. The molecule has 0 aliphatic rings. The molecule has 0 aliphatic heterocycles. The van der Waals surface area contributed by atoms with Gasteiger partial charge in [-0.3, -0.25) is 19.8 Å². The Balaban J connectivity index is 1.61. The van der Waals surface area contributed by atoms with E-state index in [1.807, 2.05) is 26.2 Å². The first-order chi connectivity index (χ1) is 15.2. The number of hydrogen-bond acceptors (Lipinski definition) is 7. The van der Waals surface area contributed by atoms with Gasteiger partial charge in [0.15, 0.2) is 0 Å². The Hall–Kier alpha value is -3.77. The first-order valence-electron chi connectivity index (χ1n) is 9.59. The number of hydrogen-bond donors (Lipinski definition) is 4. The summed E-state index contributed by atoms with van der Waals surface area (Å²) < 4.78 is 3.32. The predicted molar refractivity (Wildman–Crippen MR) is 119 cm³/mol. The number of fused-ring (bicyclic) bond motifs is 1. The van der Waals surface area contributed by atoms with Crippen LogP contribution >= 0.6 is 11.3 Å². The van der Waals surface area contributed by atoms with E-state index < -0.39 is 11.6 Å². The largest absolute Gasteiger partial charge is 0.465 e. The lowest BCUT2D eigenvalue weighted by Crippen LogP contribution is -2.30. The van der Waals surface area contributed by atoms with E-state index in [9.17, 15) is 14.7 Å². The lowest BCUT2D eigenvalue weighted by molar-refractivity contribution is 0.102. The molecular weight excluding hydrogens is 434 g/mol. The quantitative estimate of drug-likeness (QED) is 0.349. The number of aryl methyl sites for hydroxylation is 1. The molecule has 0 aliphatic carbocycles. The Kier molecular flexibility index (Phi) is 5.40. The lowest BCUT2D eigenvalue weighted by atomic mass is 10.1. The molecule has 0 saturated heterocycles. The first-order valence-corrected chi connectivity index (χ1v) is 10.4. The number of nitrogens with zero attached hydrogens (tertiary/aromatic N) is 5. The number of carboxylic acid groups (broad SMARTS) is 1. The molecule has 4 aromatic heterocycles. The number of aromatic nitrogens is 5. The van der Waals surface area contributed by atoms with Crippen molar-refractivity contribution in [3.8, 4) is 10.4 Å². The Morgan fingerprint density at radius 1 is 1.16 bits per heavy atom. The van der Waals surface area contributed by atoms with Crippen LogP contribution in [0.25, 0.3) is 15.3 Å². The molecule has 0 unspecified atom stereocenters. The monoisotopic (exact) mass is 455 g/mol. The van der Waals surface area contributed by atoms with Gasteiger partial charge < -0.3 is 15.5 Å². The van der Waals surface area contributed by atoms with Crippen LogP contribution in [0, 0.1) is 6.92 Å². The van der Waals surface area contributed by atoms with E-state index >= 15 is 0 Å². The molecule has 0 saturated carbocycles. The van der Waals surface area contributed by atoms with E-state index in [2.05, 4.69) is 25.8 Å². The molecule has 4 aromatic rings. The number of nitrogens with one attached hydrogen (secondary N) is 2. The van der Waals surface area contributed by atoms with Crippen LogP contribution in [0.3, 0.4) is 0 Å². The van der Waals surface area contributed by atoms with Gasteiger partial charge in [-0.05, 0) is 26.8 Å². The third kappa shape index (κ3) is 4.05. The van der Waals surface area contributed by atoms with E-state index in [-0.39, 0.29) is 18.2 Å². The van der Waals surface area contributed by atoms with Gasteiger partial charge in [-0.1, -0.05) is 0 Å². The number of carbonyl (C=O) groups excluding carboxylic acids is 1. The van der Waals surface area contributed by atoms with Crippen molar-refractivity contribution in [3.05, 3.63) is 48.3 Å². The molecule has 4 rings (SSSR count). The Morgan fingerprint density at radius 3 is 2.66 bits per heavy atom. The normalized spacial score (nSPS) is 11.6. The standard InChI is InChI=1S/C20H21N7O4S/c1-11-15(4-13(6-21-11)24-19(30)31)25-17(29)14-7-22-26-9-16(32-18(14)26)12-5-23-27(8-12)20(2,3)10-28/h4-9,24,28H,10H2,1-3H3,(H,25,29)(H,30,31). The molecule has 12 heteroatoms. The third-order valence-corrected chi connectivity index (χ3v) is 6.06. The van der Waals surface area contributed by atoms with Crippen LogP contribution in [0.15, 0.2) is 37.1 Å². The molecule has 0 bridgehead atoms. The van der Waals surface area contributed by atoms with Gasteiger partial charge in [0.1, 0.15) is 4.83 Å². The van der Waals surface area contributed by atoms with Crippen LogP contribution in [-0.4, -0.2) is 53.2 Å². The SMILES string of the molecule is Cc1ncc(NC(=O)O)cc1NC(=O)c1cnn2cc(-c3cnn(C(C)(C)CO)c3)sc12. The van der Waals surface area contributed by atoms with Crippen molar-refractivity contribution in [3.63, 3.8) is 0 Å². The molecule has 4 N–H and O–H groups in total. The van der Waals surface area contributed by atoms with Crippen LogP contribution in [0.2, 0.25) is 0 Å². The highest BCUT2D eigenvalue weighted by Gasteiger charge is 2.22. The zero-order chi connectivity index (χ0) is 23.0. The molecule has 0 atom stereocenters. The van der Waals surface area contributed by atoms with E-state index in [4.69, 9.17) is 5.11 Å². The van der Waals surface area contributed by atoms with Crippen LogP contribution < -0.4 is 10.6 Å². The smallest absolute Gasteiger partial charge is 0.409 e. The lowest BCUT2D eigenvalue weighted by Gasteiger charge is -2.21. The van der Waals surface area contributed by atoms with Crippen molar-refractivity contribution in [2.75, 3.05) is 17.2 Å². The summed E-state index contributed by atoms with van der Waals surface area (Å²) in [6, 6.07) is 1.51. The topological polar surface area (TPSA) is 147 Å². The van der Waals surface area contributed by atoms with E-state index in [0.29, 0.717) is 21.8 Å². The number of rotatable bonds is 6. The predicted octanol–water partition coefficient (Wildman–Crippen LogP) is 3.03. The van der Waals surface area contributed by atoms with Crippen LogP contribution in [0.1, 0.15) is 29.9 Å². The zero-order valence-corrected chi connectivity index (χ0v) is 18.3. The molecule has 166 valence electrons. The summed E-state index contributed by atoms with van der Waals surface area (Å²) in [7, 11) is 0. The molecule has 11 nitrogen and oxygen atoms in total. The van der Waals surface area contributed by atoms with Gasteiger partial charge in [-0.25, -0.2) is 9.31 Å². The maximum atomic E-state index is 12.9. The average molecular weight is 456 g/mol. The molecular formula is C20H21N7O4S. The summed E-state index contributed by atoms with van der Waals surface area (Å²) in [5.74, 6) is -0.386. The van der Waals surface area contributed by atoms with Crippen molar-refractivity contribution in [1.82, 2.24) is 24.4 Å². The Bertz CT molecular complexity index is 1320. The molecule has 2 amide bonds. The third-order valence-electron chi connectivity index (χ3n) is 4.90. The van der Waals surface area contributed by atoms with Gasteiger partial charge >= 0.3 is 6.09 Å². The fraction of sp³-hybridized carbons (Fsp3) is 0.250. The molecule has 0 aromatic carbocycles. The summed E-state index contributed by atoms with van der Waals surface area (Å²) >= 11 is 1.39. The number of anilines is 2. The van der Waals surface area contributed by atoms with E-state index in [0.717, 1.165) is 10.4 Å². The molecule has 4 heterocycles. The average Bonchev–Trinajstić information content (AvgIpc) is 3.45. The zero-order valence-electron chi connectivity index (χ0n) is 17.5. The Labute approximate surface area is 186 Å². The van der Waals surface area contributed by atoms with Crippen molar-refractivity contribution in [2.45, 2.75) is 26.3 Å². The van der Waals surface area contributed by atoms with Gasteiger partial charge in [-0.2, -0.15) is 10.2 Å². The maximum absolute atomic E-state index is 12.9. The van der Waals surface area contributed by atoms with Crippen molar-refractivity contribution >= 4 is 39.5 Å². The highest BCUT2D eigenvalue weighted by molar-refractivity contribution is 7.21. The molecule has 0 fully saturated rings. The van der Waals surface area contributed by atoms with Gasteiger partial charge in [0.25, 0.3) is 5.91 Å². The Morgan fingerprint density at radius 2 is 1.94 bits per heavy atom. The molecule has 0 spiro atoms. The number of aliphatic hydroxyl groups is 1. The van der Waals surface area contributed by atoms with Crippen LogP contribution in [0.5, 0.6) is 0 Å². The van der Waals surface area contributed by atoms with E-state index in [1.165, 1.54) is 29.8 Å². The molecule has 0 radical (unpaired) electrons. The summed E-state index contributed by atoms with van der Waals surface area (Å²) in [5, 5.41) is 32.0. The van der Waals surface area contributed by atoms with Gasteiger partial charge in [0, 0.05) is 18.0 Å². The number of pyridine rings is 1. The second-order valence-electron chi connectivity index (χ2n) is 7.79. The van der Waals surface area contributed by atoms with E-state index in [1.54, 1.807) is 22.3 Å². The highest BCUT2D eigenvalue weighted by Crippen LogP contribution is 2.31. The fourth-order valence-corrected chi connectivity index (χ4v) is 4.00. The minimum Gasteiger partial charge on any atom is -0.465 e. The molecule has 32 heavy (non-hydrogen) atoms. The minimum atomic E-state index is -1.22. The van der Waals surface area contributed by atoms with Crippen molar-refractivity contribution < 1.29 is 19.8 Å². The van der Waals surface area contributed by atoms with Crippen LogP contribution in [0.4, 0.5) is 16.2 Å². The second-order valence-corrected chi connectivity index (χ2v) is 8.82. The summed E-state index contributed by atoms with van der Waals surface area (Å²) in [4.78, 5) is 29.4. The van der Waals surface area contributed by atoms with Crippen molar-refractivity contribution in [1.29, 1.82) is 0 Å². The maximum Gasteiger partial charge on any atom is 0.409 e. The fourth-order valence-electron chi connectivity index (χ4n) is 2.97. The summed E-state index contributed by atoms with van der Waals surface area (Å²) in [6.45, 7) is 5.42. The van der Waals surface area contributed by atoms with Gasteiger partial charge in [0.2, 0.25) is 0 Å². The summed E-state index contributed by atoms with van der Waals surface area (Å²) in [6.07, 6.45) is 7.00. The number of aliphatic hydroxyl groups excluding tert-OH is 1. The second kappa shape index (κ2) is 8.05. The number of carbonyl (C=O) groups is 2. The van der Waals surface area contributed by atoms with Crippen LogP contribution in [-0.2, 0) is 5.54 Å². The number of amides is 2.